The van der Waals surface area contributed by atoms with Gasteiger partial charge in [-0.15, -0.1) is 0 Å². The maximum absolute atomic E-state index is 13.7. The zero-order chi connectivity index (χ0) is 15.6. The highest BCUT2D eigenvalue weighted by atomic mass is 79.9. The number of hydrogen-bond acceptors (Lipinski definition) is 2. The molecule has 0 radical (unpaired) electrons. The van der Waals surface area contributed by atoms with Crippen molar-refractivity contribution >= 4 is 21.7 Å². The molecule has 0 aliphatic heterocycles. The standard InChI is InChI=1S/C15H7BrF3NO/c16-12-5-8(1-4-13(12)18)15(21)11(7-20)10-3-2-9(17)6-14(10)19/h1-6,11H. The lowest BCUT2D eigenvalue weighted by Gasteiger charge is -2.10. The van der Waals surface area contributed by atoms with Gasteiger partial charge >= 0.3 is 0 Å². The average Bonchev–Trinajstić information content (AvgIpc) is 2.44. The molecule has 0 fully saturated rings. The second-order valence-electron chi connectivity index (χ2n) is 4.22. The molecule has 2 aromatic carbocycles. The Balaban J connectivity index is 2.43. The van der Waals surface area contributed by atoms with E-state index in [1.54, 1.807) is 6.07 Å². The summed E-state index contributed by atoms with van der Waals surface area (Å²) >= 11 is 2.93. The Labute approximate surface area is 127 Å². The van der Waals surface area contributed by atoms with E-state index in [9.17, 15) is 18.0 Å². The third kappa shape index (κ3) is 3.14. The van der Waals surface area contributed by atoms with Crippen molar-refractivity contribution < 1.29 is 18.0 Å². The van der Waals surface area contributed by atoms with Crippen LogP contribution in [0.1, 0.15) is 21.8 Å². The van der Waals surface area contributed by atoms with Crippen molar-refractivity contribution in [1.82, 2.24) is 0 Å². The molecule has 106 valence electrons. The van der Waals surface area contributed by atoms with Crippen molar-refractivity contribution in [2.24, 2.45) is 0 Å². The number of hydrogen-bond donors (Lipinski definition) is 0. The van der Waals surface area contributed by atoms with Crippen LogP contribution in [-0.4, -0.2) is 5.78 Å². The molecule has 0 saturated carbocycles. The monoisotopic (exact) mass is 353 g/mol. The Hall–Kier alpha value is -2.13. The minimum Gasteiger partial charge on any atom is -0.292 e. The third-order valence-electron chi connectivity index (χ3n) is 2.87. The molecule has 0 amide bonds. The molecule has 1 unspecified atom stereocenters. The molecule has 0 spiro atoms. The van der Waals surface area contributed by atoms with Gasteiger partial charge in [0.05, 0.1) is 10.5 Å². The highest BCUT2D eigenvalue weighted by Crippen LogP contribution is 2.26. The van der Waals surface area contributed by atoms with Gasteiger partial charge in [0.15, 0.2) is 5.78 Å². The summed E-state index contributed by atoms with van der Waals surface area (Å²) in [6, 6.07) is 7.79. The lowest BCUT2D eigenvalue weighted by atomic mass is 9.91. The largest absolute Gasteiger partial charge is 0.292 e. The summed E-state index contributed by atoms with van der Waals surface area (Å²) in [5.41, 5.74) is -0.164. The van der Waals surface area contributed by atoms with E-state index in [0.29, 0.717) is 6.07 Å². The third-order valence-corrected chi connectivity index (χ3v) is 3.48. The fraction of sp³-hybridized carbons (Fsp3) is 0.0667. The van der Waals surface area contributed by atoms with Crippen LogP contribution in [-0.2, 0) is 0 Å². The number of rotatable bonds is 3. The van der Waals surface area contributed by atoms with Crippen LogP contribution >= 0.6 is 15.9 Å². The Kier molecular flexibility index (Phi) is 4.43. The lowest BCUT2D eigenvalue weighted by Crippen LogP contribution is -2.13. The fourth-order valence-electron chi connectivity index (χ4n) is 1.82. The quantitative estimate of drug-likeness (QED) is 0.769. The second kappa shape index (κ2) is 6.10. The summed E-state index contributed by atoms with van der Waals surface area (Å²) in [5, 5.41) is 9.11. The molecule has 0 aromatic heterocycles. The molecular formula is C15H7BrF3NO. The topological polar surface area (TPSA) is 40.9 Å². The number of ketones is 1. The highest BCUT2D eigenvalue weighted by molar-refractivity contribution is 9.10. The van der Waals surface area contributed by atoms with Crippen molar-refractivity contribution in [3.63, 3.8) is 0 Å². The van der Waals surface area contributed by atoms with Gasteiger partial charge in [-0.25, -0.2) is 13.2 Å². The van der Waals surface area contributed by atoms with Crippen molar-refractivity contribution in [3.05, 3.63) is 69.4 Å². The van der Waals surface area contributed by atoms with Gasteiger partial charge in [-0.1, -0.05) is 6.07 Å². The molecule has 2 rings (SSSR count). The molecule has 2 aromatic rings. The van der Waals surface area contributed by atoms with Crippen LogP contribution in [0.2, 0.25) is 0 Å². The summed E-state index contributed by atoms with van der Waals surface area (Å²) in [6.45, 7) is 0. The van der Waals surface area contributed by atoms with Crippen molar-refractivity contribution in [3.8, 4) is 6.07 Å². The number of benzene rings is 2. The van der Waals surface area contributed by atoms with E-state index in [-0.39, 0.29) is 15.6 Å². The Bertz CT molecular complexity index is 755. The average molecular weight is 354 g/mol. The van der Waals surface area contributed by atoms with Gasteiger partial charge < -0.3 is 0 Å². The molecule has 0 saturated heterocycles. The fourth-order valence-corrected chi connectivity index (χ4v) is 2.20. The van der Waals surface area contributed by atoms with Crippen LogP contribution in [0.4, 0.5) is 13.2 Å². The Morgan fingerprint density at radius 2 is 1.81 bits per heavy atom. The Morgan fingerprint density at radius 3 is 2.38 bits per heavy atom. The summed E-state index contributed by atoms with van der Waals surface area (Å²) in [5.74, 6) is -4.46. The molecule has 6 heteroatoms. The van der Waals surface area contributed by atoms with E-state index in [1.165, 1.54) is 12.1 Å². The van der Waals surface area contributed by atoms with E-state index in [2.05, 4.69) is 15.9 Å². The normalized spacial score (nSPS) is 11.8. The van der Waals surface area contributed by atoms with Crippen molar-refractivity contribution in [1.29, 1.82) is 5.26 Å². The highest BCUT2D eigenvalue weighted by Gasteiger charge is 2.25. The molecule has 2 nitrogen and oxygen atoms in total. The number of nitriles is 1. The molecule has 0 heterocycles. The Morgan fingerprint density at radius 1 is 1.10 bits per heavy atom. The van der Waals surface area contributed by atoms with E-state index in [4.69, 9.17) is 5.26 Å². The molecule has 21 heavy (non-hydrogen) atoms. The first-order chi connectivity index (χ1) is 9.93. The smallest absolute Gasteiger partial charge is 0.184 e. The number of Topliss-reactive ketones (excluding diaryl/α,β-unsaturated/α-hetero) is 1. The number of carbonyl (C=O) groups excluding carboxylic acids is 1. The van der Waals surface area contributed by atoms with Crippen LogP contribution in [0.25, 0.3) is 0 Å². The first-order valence-electron chi connectivity index (χ1n) is 5.78. The molecule has 0 N–H and O–H groups in total. The molecular weight excluding hydrogens is 347 g/mol. The SMILES string of the molecule is N#CC(C(=O)c1ccc(F)c(Br)c1)c1ccc(F)cc1F. The minimum atomic E-state index is -1.43. The van der Waals surface area contributed by atoms with Gasteiger partial charge in [-0.05, 0) is 40.2 Å². The maximum Gasteiger partial charge on any atom is 0.184 e. The number of carbonyl (C=O) groups is 1. The number of halogens is 4. The predicted octanol–water partition coefficient (Wildman–Crippen LogP) is 4.36. The zero-order valence-corrected chi connectivity index (χ0v) is 12.0. The van der Waals surface area contributed by atoms with E-state index < -0.39 is 29.2 Å². The van der Waals surface area contributed by atoms with Gasteiger partial charge in [0.25, 0.3) is 0 Å². The summed E-state index contributed by atoms with van der Waals surface area (Å²) in [6.07, 6.45) is 0. The zero-order valence-electron chi connectivity index (χ0n) is 10.4. The maximum atomic E-state index is 13.7. The number of nitrogens with zero attached hydrogens (tertiary/aromatic N) is 1. The van der Waals surface area contributed by atoms with Crippen LogP contribution in [0, 0.1) is 28.8 Å². The van der Waals surface area contributed by atoms with Gasteiger partial charge in [0.1, 0.15) is 23.4 Å². The molecule has 1 atom stereocenters. The molecule has 0 bridgehead atoms. The van der Waals surface area contributed by atoms with Crippen LogP contribution < -0.4 is 0 Å². The first-order valence-corrected chi connectivity index (χ1v) is 6.57. The van der Waals surface area contributed by atoms with Crippen molar-refractivity contribution in [2.75, 3.05) is 0 Å². The van der Waals surface area contributed by atoms with Gasteiger partial charge in [-0.3, -0.25) is 4.79 Å². The molecule has 0 aliphatic carbocycles. The first kappa shape index (κ1) is 15.3. The predicted molar refractivity (Wildman–Crippen MR) is 73.1 cm³/mol. The van der Waals surface area contributed by atoms with Gasteiger partial charge in [-0.2, -0.15) is 5.26 Å². The van der Waals surface area contributed by atoms with Gasteiger partial charge in [0, 0.05) is 17.2 Å². The van der Waals surface area contributed by atoms with Crippen molar-refractivity contribution in [2.45, 2.75) is 5.92 Å². The van der Waals surface area contributed by atoms with E-state index >= 15 is 0 Å². The van der Waals surface area contributed by atoms with Crippen LogP contribution in [0.5, 0.6) is 0 Å². The summed E-state index contributed by atoms with van der Waals surface area (Å²) in [7, 11) is 0. The van der Waals surface area contributed by atoms with E-state index in [1.807, 2.05) is 0 Å². The summed E-state index contributed by atoms with van der Waals surface area (Å²) in [4.78, 5) is 12.3. The van der Waals surface area contributed by atoms with Crippen LogP contribution in [0.3, 0.4) is 0 Å². The van der Waals surface area contributed by atoms with E-state index in [0.717, 1.165) is 18.2 Å². The second-order valence-corrected chi connectivity index (χ2v) is 5.08. The van der Waals surface area contributed by atoms with Gasteiger partial charge in [0.2, 0.25) is 0 Å². The molecule has 0 aliphatic rings. The summed E-state index contributed by atoms with van der Waals surface area (Å²) < 4.78 is 39.8. The van der Waals surface area contributed by atoms with Crippen LogP contribution in [0.15, 0.2) is 40.9 Å². The lowest BCUT2D eigenvalue weighted by molar-refractivity contribution is 0.0977. The minimum absolute atomic E-state index is 0.0542.